The second kappa shape index (κ2) is 4.49. The van der Waals surface area contributed by atoms with Gasteiger partial charge in [-0.1, -0.05) is 13.8 Å². The third kappa shape index (κ3) is 2.66. The third-order valence-corrected chi connectivity index (χ3v) is 3.02. The molecule has 5 nitrogen and oxygen atoms in total. The Balaban J connectivity index is 2.20. The second-order valence-electron chi connectivity index (χ2n) is 5.19. The molecule has 2 rings (SSSR count). The van der Waals surface area contributed by atoms with Gasteiger partial charge < -0.3 is 15.0 Å². The van der Waals surface area contributed by atoms with Gasteiger partial charge in [0, 0.05) is 18.9 Å². The van der Waals surface area contributed by atoms with Gasteiger partial charge in [-0.15, -0.1) is 0 Å². The highest BCUT2D eigenvalue weighted by Gasteiger charge is 2.42. The van der Waals surface area contributed by atoms with Crippen molar-refractivity contribution in [1.82, 2.24) is 9.55 Å². The molecule has 1 fully saturated rings. The summed E-state index contributed by atoms with van der Waals surface area (Å²) in [5, 5.41) is 12.3. The Bertz CT molecular complexity index is 449. The molecular weight excluding hydrogens is 218 g/mol. The molecule has 0 aromatic carbocycles. The summed E-state index contributed by atoms with van der Waals surface area (Å²) in [6.07, 6.45) is 5.11. The highest BCUT2D eigenvalue weighted by molar-refractivity contribution is 5.38. The number of hydrogen-bond acceptors (Lipinski definition) is 4. The molecule has 0 atom stereocenters. The summed E-state index contributed by atoms with van der Waals surface area (Å²) in [6.45, 7) is 4.86. The van der Waals surface area contributed by atoms with Crippen LogP contribution in [0, 0.1) is 5.92 Å². The zero-order valence-electron chi connectivity index (χ0n) is 10.3. The van der Waals surface area contributed by atoms with E-state index in [1.807, 2.05) is 0 Å². The fourth-order valence-electron chi connectivity index (χ4n) is 1.79. The summed E-state index contributed by atoms with van der Waals surface area (Å²) in [5.41, 5.74) is -0.413. The molecule has 1 aromatic heterocycles. The molecule has 2 N–H and O–H groups in total. The van der Waals surface area contributed by atoms with Gasteiger partial charge in [0.1, 0.15) is 0 Å². The van der Waals surface area contributed by atoms with Crippen LogP contribution in [0.5, 0.6) is 0 Å². The summed E-state index contributed by atoms with van der Waals surface area (Å²) in [5.74, 6) is 0.760. The van der Waals surface area contributed by atoms with Crippen molar-refractivity contribution in [3.8, 4) is 0 Å². The van der Waals surface area contributed by atoms with Gasteiger partial charge in [0.05, 0.1) is 12.1 Å². The number of hydrogen-bond donors (Lipinski definition) is 2. The number of aliphatic hydroxyl groups excluding tert-OH is 1. The monoisotopic (exact) mass is 237 g/mol. The molecule has 5 heteroatoms. The fourth-order valence-corrected chi connectivity index (χ4v) is 1.79. The van der Waals surface area contributed by atoms with Crippen LogP contribution in [0.3, 0.4) is 0 Å². The number of anilines is 1. The lowest BCUT2D eigenvalue weighted by molar-refractivity contribution is 0.265. The minimum absolute atomic E-state index is 0.0488. The SMILES string of the molecule is CC(C)Cn1ccnc(NC2(CO)CC2)c1=O. The minimum atomic E-state index is -0.302. The van der Waals surface area contributed by atoms with Crippen molar-refractivity contribution in [2.45, 2.75) is 38.8 Å². The topological polar surface area (TPSA) is 67.2 Å². The van der Waals surface area contributed by atoms with E-state index in [1.165, 1.54) is 0 Å². The second-order valence-corrected chi connectivity index (χ2v) is 5.19. The van der Waals surface area contributed by atoms with Gasteiger partial charge in [-0.2, -0.15) is 0 Å². The smallest absolute Gasteiger partial charge is 0.293 e. The van der Waals surface area contributed by atoms with Crippen LogP contribution < -0.4 is 10.9 Å². The lowest BCUT2D eigenvalue weighted by atomic mass is 10.2. The zero-order valence-corrected chi connectivity index (χ0v) is 10.3. The lowest BCUT2D eigenvalue weighted by Crippen LogP contribution is -2.33. The van der Waals surface area contributed by atoms with Gasteiger partial charge in [-0.05, 0) is 18.8 Å². The first-order chi connectivity index (χ1) is 8.06. The highest BCUT2D eigenvalue weighted by atomic mass is 16.3. The van der Waals surface area contributed by atoms with E-state index in [2.05, 4.69) is 24.1 Å². The highest BCUT2D eigenvalue weighted by Crippen LogP contribution is 2.37. The molecule has 94 valence electrons. The molecule has 0 spiro atoms. The summed E-state index contributed by atoms with van der Waals surface area (Å²) >= 11 is 0. The molecule has 0 aliphatic heterocycles. The zero-order chi connectivity index (χ0) is 12.5. The molecule has 17 heavy (non-hydrogen) atoms. The predicted octanol–water partition coefficient (Wildman–Crippen LogP) is 0.836. The van der Waals surface area contributed by atoms with Gasteiger partial charge in [0.25, 0.3) is 5.56 Å². The quantitative estimate of drug-likeness (QED) is 0.796. The van der Waals surface area contributed by atoms with E-state index in [9.17, 15) is 9.90 Å². The van der Waals surface area contributed by atoms with Crippen LogP contribution in [-0.2, 0) is 6.54 Å². The van der Waals surface area contributed by atoms with Gasteiger partial charge in [-0.25, -0.2) is 4.98 Å². The van der Waals surface area contributed by atoms with E-state index in [0.717, 1.165) is 12.8 Å². The van der Waals surface area contributed by atoms with Crippen molar-refractivity contribution in [2.24, 2.45) is 5.92 Å². The molecule has 0 saturated heterocycles. The number of nitrogens with zero attached hydrogens (tertiary/aromatic N) is 2. The third-order valence-electron chi connectivity index (χ3n) is 3.02. The van der Waals surface area contributed by atoms with E-state index in [4.69, 9.17) is 0 Å². The maximum atomic E-state index is 12.1. The van der Waals surface area contributed by atoms with E-state index < -0.39 is 0 Å². The van der Waals surface area contributed by atoms with Crippen LogP contribution in [0.25, 0.3) is 0 Å². The number of aromatic nitrogens is 2. The fraction of sp³-hybridized carbons (Fsp3) is 0.667. The Hall–Kier alpha value is -1.36. The molecular formula is C12H19N3O2. The molecule has 0 amide bonds. The largest absolute Gasteiger partial charge is 0.394 e. The summed E-state index contributed by atoms with van der Waals surface area (Å²) in [6, 6.07) is 0. The first-order valence-electron chi connectivity index (χ1n) is 6.01. The molecule has 1 saturated carbocycles. The molecule has 0 radical (unpaired) electrons. The molecule has 1 aliphatic rings. The van der Waals surface area contributed by atoms with Crippen LogP contribution >= 0.6 is 0 Å². The Labute approximate surface area is 100 Å². The van der Waals surface area contributed by atoms with Gasteiger partial charge in [0.15, 0.2) is 5.82 Å². The van der Waals surface area contributed by atoms with Gasteiger partial charge in [-0.3, -0.25) is 4.79 Å². The van der Waals surface area contributed by atoms with Crippen LogP contribution in [0.2, 0.25) is 0 Å². The first-order valence-corrected chi connectivity index (χ1v) is 6.01. The molecule has 1 aromatic rings. The van der Waals surface area contributed by atoms with E-state index >= 15 is 0 Å². The standard InChI is InChI=1S/C12H19N3O2/c1-9(2)7-15-6-5-13-10(11(15)17)14-12(8-16)3-4-12/h5-6,9,16H,3-4,7-8H2,1-2H3,(H,13,14). The average Bonchev–Trinajstić information content (AvgIpc) is 3.04. The van der Waals surface area contributed by atoms with E-state index in [0.29, 0.717) is 18.3 Å². The molecule has 0 unspecified atom stereocenters. The lowest BCUT2D eigenvalue weighted by Gasteiger charge is -2.16. The van der Waals surface area contributed by atoms with Crippen LogP contribution in [0.15, 0.2) is 17.2 Å². The number of aliphatic hydroxyl groups is 1. The Morgan fingerprint density at radius 3 is 2.82 bits per heavy atom. The van der Waals surface area contributed by atoms with Crippen molar-refractivity contribution in [3.05, 3.63) is 22.7 Å². The Morgan fingerprint density at radius 2 is 2.29 bits per heavy atom. The Kier molecular flexibility index (Phi) is 3.19. The van der Waals surface area contributed by atoms with Crippen LogP contribution in [-0.4, -0.2) is 26.8 Å². The molecule has 1 heterocycles. The number of nitrogens with one attached hydrogen (secondary N) is 1. The maximum absolute atomic E-state index is 12.1. The van der Waals surface area contributed by atoms with Gasteiger partial charge >= 0.3 is 0 Å². The van der Waals surface area contributed by atoms with Crippen LogP contribution in [0.1, 0.15) is 26.7 Å². The van der Waals surface area contributed by atoms with Crippen molar-refractivity contribution < 1.29 is 5.11 Å². The minimum Gasteiger partial charge on any atom is -0.394 e. The first kappa shape index (κ1) is 12.1. The molecule has 1 aliphatic carbocycles. The van der Waals surface area contributed by atoms with Gasteiger partial charge in [0.2, 0.25) is 0 Å². The average molecular weight is 237 g/mol. The Morgan fingerprint density at radius 1 is 1.59 bits per heavy atom. The van der Waals surface area contributed by atoms with E-state index in [-0.39, 0.29) is 17.7 Å². The normalized spacial score (nSPS) is 17.2. The van der Waals surface area contributed by atoms with E-state index in [1.54, 1.807) is 17.0 Å². The van der Waals surface area contributed by atoms with Crippen molar-refractivity contribution in [3.63, 3.8) is 0 Å². The van der Waals surface area contributed by atoms with Crippen molar-refractivity contribution in [1.29, 1.82) is 0 Å². The maximum Gasteiger partial charge on any atom is 0.293 e. The molecule has 0 bridgehead atoms. The van der Waals surface area contributed by atoms with Crippen molar-refractivity contribution >= 4 is 5.82 Å². The number of rotatable bonds is 5. The summed E-state index contributed by atoms with van der Waals surface area (Å²) in [4.78, 5) is 16.1. The summed E-state index contributed by atoms with van der Waals surface area (Å²) in [7, 11) is 0. The van der Waals surface area contributed by atoms with Crippen molar-refractivity contribution in [2.75, 3.05) is 11.9 Å². The van der Waals surface area contributed by atoms with Crippen LogP contribution in [0.4, 0.5) is 5.82 Å². The summed E-state index contributed by atoms with van der Waals surface area (Å²) < 4.78 is 1.66. The predicted molar refractivity (Wildman–Crippen MR) is 66.0 cm³/mol.